The quantitative estimate of drug-likeness (QED) is 0.254. The summed E-state index contributed by atoms with van der Waals surface area (Å²) in [7, 11) is -10.5. The van der Waals surface area contributed by atoms with E-state index >= 15 is 0 Å². The average Bonchev–Trinajstić information content (AvgIpc) is 2.50. The van der Waals surface area contributed by atoms with E-state index in [-0.39, 0.29) is 48.8 Å². The summed E-state index contributed by atoms with van der Waals surface area (Å²) in [4.78, 5) is 7.43. The summed E-state index contributed by atoms with van der Waals surface area (Å²) in [6.45, 7) is 0. The van der Waals surface area contributed by atoms with Crippen LogP contribution in [0.3, 0.4) is 0 Å². The third kappa shape index (κ3) is 8.29. The summed E-state index contributed by atoms with van der Waals surface area (Å²) in [5, 5.41) is 0. The molecular weight excluding hydrogens is 378 g/mol. The van der Waals surface area contributed by atoms with Crippen LogP contribution < -0.4 is 37.7 Å². The Hall–Kier alpha value is -0.765. The van der Waals surface area contributed by atoms with E-state index in [1.54, 1.807) is 0 Å². The van der Waals surface area contributed by atoms with Crippen molar-refractivity contribution in [2.24, 2.45) is 0 Å². The molecule has 2 atom stereocenters. The van der Waals surface area contributed by atoms with Crippen LogP contribution in [0.4, 0.5) is 0 Å². The molecular formula is C12H10Li2N2O8S2. The minimum atomic E-state index is -5.24. The van der Waals surface area contributed by atoms with Crippen LogP contribution in [0, 0.1) is 0 Å². The van der Waals surface area contributed by atoms with Crippen LogP contribution in [-0.2, 0) is 29.2 Å². The largest absolute Gasteiger partial charge is 1.00 e. The summed E-state index contributed by atoms with van der Waals surface area (Å²) in [6.07, 6.45) is 1.61. The zero-order valence-electron chi connectivity index (χ0n) is 13.8. The van der Waals surface area contributed by atoms with Crippen molar-refractivity contribution in [3.8, 4) is 0 Å². The molecule has 2 aromatic rings. The molecule has 14 heteroatoms. The second-order valence-electron chi connectivity index (χ2n) is 4.41. The fraction of sp³-hybridized carbons (Fsp3) is 0.167. The molecule has 10 nitrogen and oxygen atoms in total. The van der Waals surface area contributed by atoms with Crippen LogP contribution in [0.5, 0.6) is 0 Å². The Morgan fingerprint density at radius 3 is 1.19 bits per heavy atom. The number of hydrogen-bond donors (Lipinski definition) is 0. The Kier molecular flexibility index (Phi) is 10.2. The maximum atomic E-state index is 11.0. The summed E-state index contributed by atoms with van der Waals surface area (Å²) in [5.41, 5.74) is 0.129. The molecule has 0 fully saturated rings. The first-order valence-corrected chi connectivity index (χ1v) is 8.90. The van der Waals surface area contributed by atoms with E-state index in [4.69, 9.17) is 0 Å². The fourth-order valence-corrected chi connectivity index (χ4v) is 2.85. The standard InChI is InChI=1S/C12H12N2O8S2.2Li/c15-23(16,17)21-11(9-1-5-13-6-2-9)12(22-24(18,19)20)10-3-7-14-8-4-10;;/h1-8,11-12H,(H,15,16,17)(H,18,19,20);;/q;2*+1/p-2. The SMILES string of the molecule is O=S(=O)([O-])OC(c1ccncc1)C(OS(=O)(=O)[O-])c1ccncc1.[Li+].[Li+]. The van der Waals surface area contributed by atoms with E-state index in [1.165, 1.54) is 49.1 Å². The van der Waals surface area contributed by atoms with Crippen LogP contribution in [-0.4, -0.2) is 35.9 Å². The number of rotatable bonds is 7. The molecule has 2 heterocycles. The van der Waals surface area contributed by atoms with E-state index in [0.717, 1.165) is 0 Å². The number of aromatic nitrogens is 2. The Bertz CT molecular complexity index is 806. The molecule has 2 aromatic heterocycles. The van der Waals surface area contributed by atoms with E-state index in [9.17, 15) is 25.9 Å². The van der Waals surface area contributed by atoms with Crippen LogP contribution >= 0.6 is 0 Å². The predicted octanol–water partition coefficient (Wildman–Crippen LogP) is -5.78. The van der Waals surface area contributed by atoms with Gasteiger partial charge in [0.25, 0.3) is 0 Å². The number of hydrogen-bond acceptors (Lipinski definition) is 10. The zero-order chi connectivity index (χ0) is 17.8. The molecule has 2 unspecified atom stereocenters. The van der Waals surface area contributed by atoms with Crippen molar-refractivity contribution in [2.75, 3.05) is 0 Å². The topological polar surface area (TPSA) is 159 Å². The summed E-state index contributed by atoms with van der Waals surface area (Å²) in [5.74, 6) is 0. The minimum Gasteiger partial charge on any atom is -0.726 e. The molecule has 0 N–H and O–H groups in total. The van der Waals surface area contributed by atoms with E-state index < -0.39 is 33.0 Å². The first-order valence-electron chi connectivity index (χ1n) is 6.24. The van der Waals surface area contributed by atoms with Crippen LogP contribution in [0.2, 0.25) is 0 Å². The first kappa shape index (κ1) is 25.2. The second kappa shape index (κ2) is 10.5. The van der Waals surface area contributed by atoms with Gasteiger partial charge in [0, 0.05) is 24.8 Å². The van der Waals surface area contributed by atoms with Crippen molar-refractivity contribution in [2.45, 2.75) is 12.2 Å². The normalized spacial score (nSPS) is 13.8. The second-order valence-corrected chi connectivity index (χ2v) is 6.43. The maximum absolute atomic E-state index is 11.0. The molecule has 0 radical (unpaired) electrons. The Balaban J connectivity index is 0.00000312. The summed E-state index contributed by atoms with van der Waals surface area (Å²) in [6, 6.07) is 5.13. The summed E-state index contributed by atoms with van der Waals surface area (Å²) >= 11 is 0. The molecule has 0 amide bonds. The molecule has 0 aliphatic heterocycles. The number of pyridine rings is 2. The van der Waals surface area contributed by atoms with E-state index in [1.807, 2.05) is 0 Å². The molecule has 0 saturated heterocycles. The van der Waals surface area contributed by atoms with Gasteiger partial charge in [-0.25, -0.2) is 16.8 Å². The Morgan fingerprint density at radius 2 is 0.962 bits per heavy atom. The molecule has 0 saturated carbocycles. The molecule has 26 heavy (non-hydrogen) atoms. The van der Waals surface area contributed by atoms with Gasteiger partial charge in [-0.1, -0.05) is 0 Å². The van der Waals surface area contributed by atoms with Gasteiger partial charge in [0.05, 0.1) is 0 Å². The molecule has 0 aliphatic rings. The summed E-state index contributed by atoms with van der Waals surface area (Å²) < 4.78 is 75.0. The number of nitrogens with zero attached hydrogens (tertiary/aromatic N) is 2. The van der Waals surface area contributed by atoms with Crippen LogP contribution in [0.1, 0.15) is 23.3 Å². The predicted molar refractivity (Wildman–Crippen MR) is 75.5 cm³/mol. The zero-order valence-corrected chi connectivity index (χ0v) is 15.4. The Labute approximate surface area is 174 Å². The van der Waals surface area contributed by atoms with E-state index in [2.05, 4.69) is 18.3 Å². The van der Waals surface area contributed by atoms with Crippen LogP contribution in [0.15, 0.2) is 49.1 Å². The van der Waals surface area contributed by atoms with E-state index in [0.29, 0.717) is 0 Å². The first-order chi connectivity index (χ1) is 11.2. The van der Waals surface area contributed by atoms with Gasteiger partial charge in [-0.15, -0.1) is 0 Å². The molecule has 2 rings (SSSR count). The van der Waals surface area contributed by atoms with Gasteiger partial charge in [-0.05, 0) is 35.4 Å². The third-order valence-corrected chi connectivity index (χ3v) is 3.67. The van der Waals surface area contributed by atoms with Crippen LogP contribution in [0.25, 0.3) is 0 Å². The maximum Gasteiger partial charge on any atom is 1.00 e. The average molecular weight is 388 g/mol. The van der Waals surface area contributed by atoms with Gasteiger partial charge < -0.3 is 9.11 Å². The molecule has 0 spiro atoms. The van der Waals surface area contributed by atoms with Crippen molar-refractivity contribution < 1.29 is 72.0 Å². The molecule has 130 valence electrons. The van der Waals surface area contributed by atoms with Crippen molar-refractivity contribution in [1.82, 2.24) is 9.97 Å². The van der Waals surface area contributed by atoms with Crippen molar-refractivity contribution >= 4 is 20.8 Å². The van der Waals surface area contributed by atoms with Crippen molar-refractivity contribution in [3.63, 3.8) is 0 Å². The minimum absolute atomic E-state index is 0. The smallest absolute Gasteiger partial charge is 0.726 e. The van der Waals surface area contributed by atoms with Crippen molar-refractivity contribution in [3.05, 3.63) is 60.2 Å². The van der Waals surface area contributed by atoms with Gasteiger partial charge in [0.15, 0.2) is 0 Å². The van der Waals surface area contributed by atoms with Gasteiger partial charge in [0.1, 0.15) is 12.2 Å². The third-order valence-electron chi connectivity index (χ3n) is 2.79. The molecule has 0 aromatic carbocycles. The van der Waals surface area contributed by atoms with Gasteiger partial charge in [-0.3, -0.25) is 18.3 Å². The molecule has 0 aliphatic carbocycles. The monoisotopic (exact) mass is 388 g/mol. The Morgan fingerprint density at radius 1 is 0.692 bits per heavy atom. The van der Waals surface area contributed by atoms with Gasteiger partial charge in [0.2, 0.25) is 20.8 Å². The van der Waals surface area contributed by atoms with Gasteiger partial charge in [-0.2, -0.15) is 0 Å². The molecule has 0 bridgehead atoms. The van der Waals surface area contributed by atoms with Gasteiger partial charge >= 0.3 is 37.7 Å². The van der Waals surface area contributed by atoms with Crippen molar-refractivity contribution in [1.29, 1.82) is 0 Å². The fourth-order valence-electron chi connectivity index (χ4n) is 1.92.